The van der Waals surface area contributed by atoms with Crippen molar-refractivity contribution >= 4 is 33.3 Å². The number of nitrogens with zero attached hydrogens (tertiary/aromatic N) is 3. The number of anilines is 1. The lowest BCUT2D eigenvalue weighted by Crippen LogP contribution is -2.44. The minimum absolute atomic E-state index is 0.0483. The average molecular weight is 398 g/mol. The third-order valence-electron chi connectivity index (χ3n) is 5.22. The second-order valence-electron chi connectivity index (χ2n) is 6.97. The monoisotopic (exact) mass is 397 g/mol. The van der Waals surface area contributed by atoms with E-state index < -0.39 is 0 Å². The molecular formula is C20H23N5O2S. The van der Waals surface area contributed by atoms with Gasteiger partial charge in [0, 0.05) is 32.0 Å². The molecule has 3 aromatic heterocycles. The van der Waals surface area contributed by atoms with E-state index in [0.717, 1.165) is 34.4 Å². The molecule has 3 aromatic rings. The third kappa shape index (κ3) is 4.13. The number of fused-ring (bicyclic) bond motifs is 1. The van der Waals surface area contributed by atoms with Crippen LogP contribution in [-0.2, 0) is 16.1 Å². The van der Waals surface area contributed by atoms with Crippen molar-refractivity contribution in [3.8, 4) is 0 Å². The lowest BCUT2D eigenvalue weighted by atomic mass is 9.83. The number of rotatable bonds is 6. The fourth-order valence-electron chi connectivity index (χ4n) is 3.70. The van der Waals surface area contributed by atoms with Crippen molar-refractivity contribution < 1.29 is 9.53 Å². The number of methoxy groups -OCH3 is 1. The van der Waals surface area contributed by atoms with Gasteiger partial charge in [-0.1, -0.05) is 6.07 Å². The molecule has 2 N–H and O–H groups in total. The molecule has 0 aliphatic heterocycles. The van der Waals surface area contributed by atoms with E-state index in [1.807, 2.05) is 23.6 Å². The van der Waals surface area contributed by atoms with Crippen LogP contribution in [0.1, 0.15) is 24.8 Å². The number of ether oxygens (including phenoxy) is 1. The van der Waals surface area contributed by atoms with Gasteiger partial charge in [-0.2, -0.15) is 0 Å². The highest BCUT2D eigenvalue weighted by Crippen LogP contribution is 2.31. The molecule has 0 saturated heterocycles. The first-order chi connectivity index (χ1) is 13.7. The van der Waals surface area contributed by atoms with Gasteiger partial charge in [0.15, 0.2) is 0 Å². The van der Waals surface area contributed by atoms with Crippen molar-refractivity contribution in [2.75, 3.05) is 12.4 Å². The lowest BCUT2D eigenvalue weighted by Gasteiger charge is -2.35. The summed E-state index contributed by atoms with van der Waals surface area (Å²) in [7, 11) is 1.70. The number of hydrogen-bond donors (Lipinski definition) is 2. The van der Waals surface area contributed by atoms with Gasteiger partial charge in [0.05, 0.1) is 22.4 Å². The molecule has 0 bridgehead atoms. The van der Waals surface area contributed by atoms with Gasteiger partial charge in [0.2, 0.25) is 5.91 Å². The van der Waals surface area contributed by atoms with Crippen LogP contribution in [-0.4, -0.2) is 40.1 Å². The summed E-state index contributed by atoms with van der Waals surface area (Å²) in [6.45, 7) is 0.500. The van der Waals surface area contributed by atoms with Crippen molar-refractivity contribution in [1.82, 2.24) is 20.3 Å². The molecule has 0 radical (unpaired) electrons. The summed E-state index contributed by atoms with van der Waals surface area (Å²) in [5, 5.41) is 8.56. The van der Waals surface area contributed by atoms with Gasteiger partial charge < -0.3 is 15.4 Å². The van der Waals surface area contributed by atoms with Crippen LogP contribution < -0.4 is 10.6 Å². The van der Waals surface area contributed by atoms with Gasteiger partial charge >= 0.3 is 0 Å². The zero-order valence-corrected chi connectivity index (χ0v) is 16.5. The van der Waals surface area contributed by atoms with E-state index in [0.29, 0.717) is 13.0 Å². The fourth-order valence-corrected chi connectivity index (χ4v) is 4.49. The van der Waals surface area contributed by atoms with Crippen molar-refractivity contribution in [2.24, 2.45) is 5.92 Å². The number of thiophene rings is 1. The SMILES string of the molecule is CO[C@H]1C[C@@H](C(=O)NCc2cccnc2)CC[C@@H]1Nc1ncnc2ccsc12. The zero-order valence-electron chi connectivity index (χ0n) is 15.7. The molecule has 3 heterocycles. The van der Waals surface area contributed by atoms with E-state index >= 15 is 0 Å². The van der Waals surface area contributed by atoms with Gasteiger partial charge in [-0.3, -0.25) is 9.78 Å². The summed E-state index contributed by atoms with van der Waals surface area (Å²) < 4.78 is 6.77. The van der Waals surface area contributed by atoms with Crippen LogP contribution in [0.3, 0.4) is 0 Å². The van der Waals surface area contributed by atoms with Gasteiger partial charge in [0.25, 0.3) is 0 Å². The highest BCUT2D eigenvalue weighted by atomic mass is 32.1. The van der Waals surface area contributed by atoms with Crippen LogP contribution in [0.25, 0.3) is 10.2 Å². The number of nitrogens with one attached hydrogen (secondary N) is 2. The molecule has 1 fully saturated rings. The Morgan fingerprint density at radius 2 is 2.25 bits per heavy atom. The molecule has 0 spiro atoms. The highest BCUT2D eigenvalue weighted by molar-refractivity contribution is 7.17. The fraction of sp³-hybridized carbons (Fsp3) is 0.400. The van der Waals surface area contributed by atoms with Crippen LogP contribution in [0.15, 0.2) is 42.3 Å². The Morgan fingerprint density at radius 1 is 1.32 bits per heavy atom. The van der Waals surface area contributed by atoms with Gasteiger partial charge in [-0.25, -0.2) is 9.97 Å². The quantitative estimate of drug-likeness (QED) is 0.665. The maximum absolute atomic E-state index is 12.6. The predicted octanol–water partition coefficient (Wildman–Crippen LogP) is 3.00. The predicted molar refractivity (Wildman–Crippen MR) is 109 cm³/mol. The Morgan fingerprint density at radius 3 is 3.07 bits per heavy atom. The molecule has 146 valence electrons. The molecule has 1 amide bonds. The molecule has 1 aliphatic carbocycles. The number of amides is 1. The number of pyridine rings is 1. The Kier molecular flexibility index (Phi) is 5.78. The van der Waals surface area contributed by atoms with E-state index in [9.17, 15) is 4.79 Å². The smallest absolute Gasteiger partial charge is 0.223 e. The number of hydrogen-bond acceptors (Lipinski definition) is 7. The second kappa shape index (κ2) is 8.62. The average Bonchev–Trinajstić information content (AvgIpc) is 3.23. The van der Waals surface area contributed by atoms with Crippen molar-refractivity contribution in [2.45, 2.75) is 38.0 Å². The van der Waals surface area contributed by atoms with Crippen molar-refractivity contribution in [3.63, 3.8) is 0 Å². The zero-order chi connectivity index (χ0) is 19.3. The summed E-state index contributed by atoms with van der Waals surface area (Å²) in [5.74, 6) is 0.866. The molecule has 4 rings (SSSR count). The van der Waals surface area contributed by atoms with Crippen LogP contribution in [0.5, 0.6) is 0 Å². The van der Waals surface area contributed by atoms with Crippen LogP contribution in [0.2, 0.25) is 0 Å². The van der Waals surface area contributed by atoms with Crippen LogP contribution in [0, 0.1) is 5.92 Å². The first-order valence-corrected chi connectivity index (χ1v) is 10.3. The lowest BCUT2D eigenvalue weighted by molar-refractivity contribution is -0.127. The van der Waals surface area contributed by atoms with Gasteiger partial charge in [-0.05, 0) is 42.3 Å². The summed E-state index contributed by atoms with van der Waals surface area (Å²) in [4.78, 5) is 25.4. The summed E-state index contributed by atoms with van der Waals surface area (Å²) in [5.41, 5.74) is 1.94. The first kappa shape index (κ1) is 18.8. The maximum Gasteiger partial charge on any atom is 0.223 e. The molecular weight excluding hydrogens is 374 g/mol. The summed E-state index contributed by atoms with van der Waals surface area (Å²) in [6, 6.07) is 5.94. The Labute approximate surface area is 167 Å². The number of aromatic nitrogens is 3. The molecule has 3 atom stereocenters. The topological polar surface area (TPSA) is 89.0 Å². The van der Waals surface area contributed by atoms with Crippen LogP contribution in [0.4, 0.5) is 5.82 Å². The molecule has 1 aliphatic rings. The second-order valence-corrected chi connectivity index (χ2v) is 7.89. The largest absolute Gasteiger partial charge is 0.379 e. The maximum atomic E-state index is 12.6. The Balaban J connectivity index is 1.37. The van der Waals surface area contributed by atoms with E-state index in [2.05, 4.69) is 25.6 Å². The molecule has 0 unspecified atom stereocenters. The van der Waals surface area contributed by atoms with E-state index in [1.54, 1.807) is 37.2 Å². The molecule has 8 heteroatoms. The van der Waals surface area contributed by atoms with Crippen LogP contribution >= 0.6 is 11.3 Å². The minimum atomic E-state index is -0.0492. The summed E-state index contributed by atoms with van der Waals surface area (Å²) >= 11 is 1.62. The normalized spacial score (nSPS) is 22.1. The van der Waals surface area contributed by atoms with Gasteiger partial charge in [-0.15, -0.1) is 11.3 Å². The van der Waals surface area contributed by atoms with E-state index in [1.165, 1.54) is 0 Å². The minimum Gasteiger partial charge on any atom is -0.379 e. The first-order valence-electron chi connectivity index (χ1n) is 9.38. The van der Waals surface area contributed by atoms with Crippen molar-refractivity contribution in [1.29, 1.82) is 0 Å². The molecule has 28 heavy (non-hydrogen) atoms. The molecule has 0 aromatic carbocycles. The van der Waals surface area contributed by atoms with E-state index in [4.69, 9.17) is 4.74 Å². The van der Waals surface area contributed by atoms with Gasteiger partial charge in [0.1, 0.15) is 12.1 Å². The van der Waals surface area contributed by atoms with E-state index in [-0.39, 0.29) is 24.0 Å². The molecule has 1 saturated carbocycles. The number of carbonyl (C=O) groups excluding carboxylic acids is 1. The third-order valence-corrected chi connectivity index (χ3v) is 6.13. The Bertz CT molecular complexity index is 933. The highest BCUT2D eigenvalue weighted by Gasteiger charge is 2.34. The number of carbonyl (C=O) groups is 1. The molecule has 7 nitrogen and oxygen atoms in total. The van der Waals surface area contributed by atoms with Crippen molar-refractivity contribution in [3.05, 3.63) is 47.9 Å². The standard InChI is InChI=1S/C20H23N5O2S/c1-27-17-9-14(20(26)22-11-13-3-2-7-21-10-13)4-5-15(17)25-19-18-16(6-8-28-18)23-12-24-19/h2-3,6-8,10,12,14-15,17H,4-5,9,11H2,1H3,(H,22,26)(H,23,24,25)/t14-,15-,17-/m0/s1. The summed E-state index contributed by atoms with van der Waals surface area (Å²) in [6.07, 6.45) is 7.38. The Hall–Kier alpha value is -2.58.